The second-order valence-corrected chi connectivity index (χ2v) is 11.2. The molecule has 0 bridgehead atoms. The maximum atomic E-state index is 2.46. The lowest BCUT2D eigenvalue weighted by Gasteiger charge is -2.34. The van der Waals surface area contributed by atoms with Gasteiger partial charge in [0, 0.05) is 0 Å². The molecule has 0 radical (unpaired) electrons. The summed E-state index contributed by atoms with van der Waals surface area (Å²) in [5.41, 5.74) is 5.67. The van der Waals surface area contributed by atoms with Crippen molar-refractivity contribution in [1.82, 2.24) is 0 Å². The minimum Gasteiger partial charge on any atom is -0.0622 e. The van der Waals surface area contributed by atoms with Gasteiger partial charge in [-0.05, 0) is 89.7 Å². The fraction of sp³-hybridized carbons (Fsp3) is 0.250. The molecule has 5 aromatic carbocycles. The van der Waals surface area contributed by atoms with Crippen LogP contribution in [0.15, 0.2) is 84.9 Å². The molecule has 0 unspecified atom stereocenters. The zero-order valence-electron chi connectivity index (χ0n) is 20.1. The molecule has 0 amide bonds. The summed E-state index contributed by atoms with van der Waals surface area (Å²) >= 11 is 0. The summed E-state index contributed by atoms with van der Waals surface area (Å²) in [5, 5.41) is 7.87. The molecule has 0 saturated carbocycles. The van der Waals surface area contributed by atoms with Gasteiger partial charge in [-0.3, -0.25) is 0 Å². The van der Waals surface area contributed by atoms with Crippen molar-refractivity contribution < 1.29 is 0 Å². The SMILES string of the molecule is CC(C)(C)c1cc2cc3cc4ccccc4cc3cc2c(-c2ccccc2)c1C(C)(C)C. The Morgan fingerprint density at radius 3 is 1.56 bits per heavy atom. The first kappa shape index (κ1) is 20.8. The van der Waals surface area contributed by atoms with Crippen molar-refractivity contribution in [2.45, 2.75) is 52.4 Å². The van der Waals surface area contributed by atoms with E-state index in [4.69, 9.17) is 0 Å². The molecule has 0 heteroatoms. The molecule has 0 heterocycles. The maximum absolute atomic E-state index is 2.46. The van der Waals surface area contributed by atoms with Crippen molar-refractivity contribution in [2.24, 2.45) is 0 Å². The highest BCUT2D eigenvalue weighted by atomic mass is 14.3. The van der Waals surface area contributed by atoms with Crippen LogP contribution >= 0.6 is 0 Å². The van der Waals surface area contributed by atoms with Crippen molar-refractivity contribution in [1.29, 1.82) is 0 Å². The summed E-state index contributed by atoms with van der Waals surface area (Å²) in [6, 6.07) is 31.6. The van der Waals surface area contributed by atoms with E-state index >= 15 is 0 Å². The first-order valence-corrected chi connectivity index (χ1v) is 11.6. The number of rotatable bonds is 1. The molecule has 0 aliphatic heterocycles. The Labute approximate surface area is 191 Å². The van der Waals surface area contributed by atoms with Crippen LogP contribution in [-0.4, -0.2) is 0 Å². The summed E-state index contributed by atoms with van der Waals surface area (Å²) in [6.07, 6.45) is 0. The molecule has 0 saturated heterocycles. The van der Waals surface area contributed by atoms with Gasteiger partial charge in [-0.1, -0.05) is 102 Å². The van der Waals surface area contributed by atoms with E-state index in [-0.39, 0.29) is 10.8 Å². The third-order valence-electron chi connectivity index (χ3n) is 6.58. The standard InChI is InChI=1S/C32H32/c1-31(2,3)28-20-26-18-24-16-22-14-10-11-15-23(22)17-25(24)19-27(26)29(30(28)32(4,5)6)21-12-8-7-9-13-21/h7-20H,1-6H3. The van der Waals surface area contributed by atoms with Gasteiger partial charge in [0.2, 0.25) is 0 Å². The monoisotopic (exact) mass is 416 g/mol. The lowest BCUT2D eigenvalue weighted by Crippen LogP contribution is -2.23. The first-order valence-electron chi connectivity index (χ1n) is 11.6. The van der Waals surface area contributed by atoms with Crippen molar-refractivity contribution in [3.05, 3.63) is 96.1 Å². The van der Waals surface area contributed by atoms with Crippen LogP contribution in [0.5, 0.6) is 0 Å². The van der Waals surface area contributed by atoms with Crippen molar-refractivity contribution in [3.8, 4) is 11.1 Å². The third kappa shape index (κ3) is 3.48. The molecule has 0 aliphatic rings. The minimum absolute atomic E-state index is 0.0281. The van der Waals surface area contributed by atoms with Gasteiger partial charge in [0.1, 0.15) is 0 Å². The van der Waals surface area contributed by atoms with Crippen LogP contribution in [0, 0.1) is 0 Å². The molecule has 5 rings (SSSR count). The molecule has 32 heavy (non-hydrogen) atoms. The van der Waals surface area contributed by atoms with E-state index in [9.17, 15) is 0 Å². The summed E-state index contributed by atoms with van der Waals surface area (Å²) in [4.78, 5) is 0. The number of hydrogen-bond donors (Lipinski definition) is 0. The molecule has 5 aromatic rings. The Morgan fingerprint density at radius 1 is 0.469 bits per heavy atom. The Bertz CT molecular complexity index is 1460. The molecule has 160 valence electrons. The van der Waals surface area contributed by atoms with Gasteiger partial charge in [-0.2, -0.15) is 0 Å². The van der Waals surface area contributed by atoms with E-state index in [0.717, 1.165) is 0 Å². The predicted octanol–water partition coefficient (Wildman–Crippen LogP) is 9.41. The Morgan fingerprint density at radius 2 is 1.00 bits per heavy atom. The normalized spacial score (nSPS) is 12.7. The number of benzene rings is 5. The molecular weight excluding hydrogens is 384 g/mol. The fourth-order valence-corrected chi connectivity index (χ4v) is 5.12. The van der Waals surface area contributed by atoms with Crippen molar-refractivity contribution >= 4 is 32.3 Å². The Kier molecular flexibility index (Phi) is 4.67. The highest BCUT2D eigenvalue weighted by molar-refractivity contribution is 6.09. The zero-order chi connectivity index (χ0) is 22.7. The topological polar surface area (TPSA) is 0 Å². The van der Waals surface area contributed by atoms with Crippen LogP contribution in [-0.2, 0) is 10.8 Å². The summed E-state index contributed by atoms with van der Waals surface area (Å²) in [6.45, 7) is 14.1. The average molecular weight is 417 g/mol. The van der Waals surface area contributed by atoms with Gasteiger partial charge in [0.25, 0.3) is 0 Å². The van der Waals surface area contributed by atoms with Gasteiger partial charge in [-0.15, -0.1) is 0 Å². The highest BCUT2D eigenvalue weighted by Gasteiger charge is 2.30. The Hall–Kier alpha value is -3.12. The smallest absolute Gasteiger partial charge is 0.00648 e. The number of hydrogen-bond acceptors (Lipinski definition) is 0. The third-order valence-corrected chi connectivity index (χ3v) is 6.58. The lowest BCUT2D eigenvalue weighted by molar-refractivity contribution is 0.533. The molecular formula is C32H32. The lowest BCUT2D eigenvalue weighted by atomic mass is 9.70. The average Bonchev–Trinajstić information content (AvgIpc) is 2.74. The van der Waals surface area contributed by atoms with E-state index in [1.165, 1.54) is 54.6 Å². The van der Waals surface area contributed by atoms with Gasteiger partial charge >= 0.3 is 0 Å². The van der Waals surface area contributed by atoms with Gasteiger partial charge in [-0.25, -0.2) is 0 Å². The van der Waals surface area contributed by atoms with E-state index in [1.54, 1.807) is 0 Å². The summed E-state index contributed by atoms with van der Waals surface area (Å²) in [5.74, 6) is 0. The van der Waals surface area contributed by atoms with Crippen molar-refractivity contribution in [2.75, 3.05) is 0 Å². The molecule has 0 atom stereocenters. The van der Waals surface area contributed by atoms with Crippen LogP contribution in [0.2, 0.25) is 0 Å². The zero-order valence-corrected chi connectivity index (χ0v) is 20.1. The predicted molar refractivity (Wildman–Crippen MR) is 142 cm³/mol. The quantitative estimate of drug-likeness (QED) is 0.239. The van der Waals surface area contributed by atoms with Crippen molar-refractivity contribution in [3.63, 3.8) is 0 Å². The van der Waals surface area contributed by atoms with Crippen LogP contribution in [0.4, 0.5) is 0 Å². The van der Waals surface area contributed by atoms with Crippen LogP contribution < -0.4 is 0 Å². The summed E-state index contributed by atoms with van der Waals surface area (Å²) < 4.78 is 0. The highest BCUT2D eigenvalue weighted by Crippen LogP contribution is 2.45. The fourth-order valence-electron chi connectivity index (χ4n) is 5.12. The van der Waals surface area contributed by atoms with Gasteiger partial charge in [0.05, 0.1) is 0 Å². The maximum Gasteiger partial charge on any atom is -0.00648 e. The molecule has 0 aromatic heterocycles. The van der Waals surface area contributed by atoms with Gasteiger partial charge in [0.15, 0.2) is 0 Å². The molecule has 0 aliphatic carbocycles. The van der Waals surface area contributed by atoms with Crippen LogP contribution in [0.1, 0.15) is 52.7 Å². The largest absolute Gasteiger partial charge is 0.0622 e. The van der Waals surface area contributed by atoms with E-state index in [1.807, 2.05) is 0 Å². The molecule has 0 N–H and O–H groups in total. The van der Waals surface area contributed by atoms with Gasteiger partial charge < -0.3 is 0 Å². The van der Waals surface area contributed by atoms with E-state index in [2.05, 4.69) is 126 Å². The van der Waals surface area contributed by atoms with E-state index in [0.29, 0.717) is 0 Å². The first-order chi connectivity index (χ1) is 15.1. The second-order valence-electron chi connectivity index (χ2n) is 11.2. The van der Waals surface area contributed by atoms with E-state index < -0.39 is 0 Å². The van der Waals surface area contributed by atoms with Crippen LogP contribution in [0.3, 0.4) is 0 Å². The molecule has 0 nitrogen and oxygen atoms in total. The molecule has 0 spiro atoms. The molecule has 0 fully saturated rings. The summed E-state index contributed by atoms with van der Waals surface area (Å²) in [7, 11) is 0. The Balaban J connectivity index is 2.00. The second kappa shape index (κ2) is 7.20. The number of fused-ring (bicyclic) bond motifs is 3. The minimum atomic E-state index is 0.0281. The van der Waals surface area contributed by atoms with Crippen LogP contribution in [0.25, 0.3) is 43.4 Å².